The summed E-state index contributed by atoms with van der Waals surface area (Å²) in [6, 6.07) is 0. The molecule has 0 rings (SSSR count). The van der Waals surface area contributed by atoms with Crippen LogP contribution in [0.2, 0.25) is 6.55 Å². The van der Waals surface area contributed by atoms with Crippen LogP contribution in [-0.2, 0) is 13.3 Å². The van der Waals surface area contributed by atoms with Gasteiger partial charge in [-0.3, -0.25) is 0 Å². The van der Waals surface area contributed by atoms with Crippen molar-refractivity contribution in [1.29, 1.82) is 0 Å². The lowest BCUT2D eigenvalue weighted by Crippen LogP contribution is -2.47. The molecule has 0 aromatic carbocycles. The van der Waals surface area contributed by atoms with Crippen molar-refractivity contribution in [3.63, 3.8) is 0 Å². The molecule has 0 aliphatic heterocycles. The molecule has 3 nitrogen and oxygen atoms in total. The molecule has 0 saturated carbocycles. The summed E-state index contributed by atoms with van der Waals surface area (Å²) in [7, 11) is -2.44. The Morgan fingerprint density at radius 2 is 0.857 bits per heavy atom. The van der Waals surface area contributed by atoms with Crippen molar-refractivity contribution < 1.29 is 13.3 Å². The molecule has 0 fully saturated rings. The molecule has 0 aromatic rings. The molecular formula is C10H24O3Si. The highest BCUT2D eigenvalue weighted by molar-refractivity contribution is 6.59. The van der Waals surface area contributed by atoms with Crippen LogP contribution >= 0.6 is 0 Å². The fourth-order valence-corrected chi connectivity index (χ4v) is 4.10. The zero-order chi connectivity index (χ0) is 11.4. The molecule has 0 N–H and O–H groups in total. The summed E-state index contributed by atoms with van der Waals surface area (Å²) in [6.07, 6.45) is 0.428. The Morgan fingerprint density at radius 1 is 0.643 bits per heavy atom. The first-order valence-electron chi connectivity index (χ1n) is 5.28. The topological polar surface area (TPSA) is 27.7 Å². The van der Waals surface area contributed by atoms with Crippen molar-refractivity contribution in [2.24, 2.45) is 0 Å². The minimum Gasteiger partial charge on any atom is -0.371 e. The van der Waals surface area contributed by atoms with Crippen LogP contribution in [0.15, 0.2) is 0 Å². The highest BCUT2D eigenvalue weighted by atomic mass is 28.4. The van der Waals surface area contributed by atoms with E-state index in [1.807, 2.05) is 48.1 Å². The fourth-order valence-electron chi connectivity index (χ4n) is 1.37. The second-order valence-corrected chi connectivity index (χ2v) is 6.79. The van der Waals surface area contributed by atoms with Crippen LogP contribution in [0.3, 0.4) is 0 Å². The molecule has 86 valence electrons. The fraction of sp³-hybridized carbons (Fsp3) is 1.00. The predicted molar refractivity (Wildman–Crippen MR) is 60.3 cm³/mol. The molecule has 0 aliphatic carbocycles. The summed E-state index contributed by atoms with van der Waals surface area (Å²) >= 11 is 0. The molecule has 0 aromatic heterocycles. The van der Waals surface area contributed by atoms with Crippen molar-refractivity contribution >= 4 is 8.80 Å². The lowest BCUT2D eigenvalue weighted by atomic mass is 10.5. The van der Waals surface area contributed by atoms with Gasteiger partial charge in [-0.25, -0.2) is 0 Å². The van der Waals surface area contributed by atoms with Gasteiger partial charge in [-0.05, 0) is 41.5 Å². The van der Waals surface area contributed by atoms with Crippen molar-refractivity contribution in [3.8, 4) is 0 Å². The standard InChI is InChI=1S/C10H24O3Si/c1-8(2)11-14(7,12-9(3)4)13-10(5)6/h8-10H,1-7H3. The molecule has 4 heteroatoms. The highest BCUT2D eigenvalue weighted by Crippen LogP contribution is 2.16. The SMILES string of the molecule is CC(C)O[Si](C)(OC(C)C)OC(C)C. The lowest BCUT2D eigenvalue weighted by molar-refractivity contribution is 0.00886. The second-order valence-electron chi connectivity index (χ2n) is 4.36. The van der Waals surface area contributed by atoms with Gasteiger partial charge in [0.1, 0.15) is 0 Å². The van der Waals surface area contributed by atoms with Gasteiger partial charge < -0.3 is 13.3 Å². The molecule has 0 amide bonds. The van der Waals surface area contributed by atoms with E-state index in [2.05, 4.69) is 0 Å². The first kappa shape index (κ1) is 14.1. The molecule has 0 aliphatic rings. The van der Waals surface area contributed by atoms with Crippen LogP contribution in [0.1, 0.15) is 41.5 Å². The first-order chi connectivity index (χ1) is 6.25. The van der Waals surface area contributed by atoms with E-state index >= 15 is 0 Å². The van der Waals surface area contributed by atoms with Crippen LogP contribution in [0, 0.1) is 0 Å². The van der Waals surface area contributed by atoms with Gasteiger partial charge >= 0.3 is 8.80 Å². The number of rotatable bonds is 6. The van der Waals surface area contributed by atoms with E-state index in [4.69, 9.17) is 13.3 Å². The maximum Gasteiger partial charge on any atom is 0.498 e. The van der Waals surface area contributed by atoms with Crippen molar-refractivity contribution in [2.75, 3.05) is 0 Å². The predicted octanol–water partition coefficient (Wildman–Crippen LogP) is 2.83. The molecule has 0 bridgehead atoms. The van der Waals surface area contributed by atoms with Gasteiger partial charge in [0, 0.05) is 24.9 Å². The quantitative estimate of drug-likeness (QED) is 0.644. The summed E-state index contributed by atoms with van der Waals surface area (Å²) in [4.78, 5) is 0. The minimum absolute atomic E-state index is 0.143. The molecule has 0 heterocycles. The van der Waals surface area contributed by atoms with Crippen LogP contribution in [0.4, 0.5) is 0 Å². The average molecular weight is 220 g/mol. The Morgan fingerprint density at radius 3 is 1.00 bits per heavy atom. The van der Waals surface area contributed by atoms with E-state index in [0.717, 1.165) is 0 Å². The summed E-state index contributed by atoms with van der Waals surface area (Å²) in [6.45, 7) is 13.9. The largest absolute Gasteiger partial charge is 0.498 e. The van der Waals surface area contributed by atoms with E-state index in [-0.39, 0.29) is 18.3 Å². The lowest BCUT2D eigenvalue weighted by Gasteiger charge is -2.31. The monoisotopic (exact) mass is 220 g/mol. The third kappa shape index (κ3) is 6.54. The van der Waals surface area contributed by atoms with Crippen LogP contribution in [0.25, 0.3) is 0 Å². The van der Waals surface area contributed by atoms with E-state index in [9.17, 15) is 0 Å². The third-order valence-electron chi connectivity index (χ3n) is 1.35. The van der Waals surface area contributed by atoms with Gasteiger partial charge in [-0.15, -0.1) is 0 Å². The molecule has 0 unspecified atom stereocenters. The Kier molecular flexibility index (Phi) is 5.89. The third-order valence-corrected chi connectivity index (χ3v) is 4.05. The van der Waals surface area contributed by atoms with Crippen molar-refractivity contribution in [2.45, 2.75) is 66.4 Å². The zero-order valence-corrected chi connectivity index (χ0v) is 11.5. The molecule has 14 heavy (non-hydrogen) atoms. The van der Waals surface area contributed by atoms with Gasteiger partial charge in [0.25, 0.3) is 0 Å². The van der Waals surface area contributed by atoms with E-state index in [0.29, 0.717) is 0 Å². The average Bonchev–Trinajstić information content (AvgIpc) is 1.76. The summed E-state index contributed by atoms with van der Waals surface area (Å²) in [5, 5.41) is 0. The van der Waals surface area contributed by atoms with Gasteiger partial charge in [0.05, 0.1) is 0 Å². The molecule has 0 radical (unpaired) electrons. The van der Waals surface area contributed by atoms with E-state index in [1.54, 1.807) is 0 Å². The van der Waals surface area contributed by atoms with Crippen LogP contribution in [0.5, 0.6) is 0 Å². The van der Waals surface area contributed by atoms with Crippen LogP contribution in [-0.4, -0.2) is 27.1 Å². The highest BCUT2D eigenvalue weighted by Gasteiger charge is 2.38. The van der Waals surface area contributed by atoms with Gasteiger partial charge in [0.2, 0.25) is 0 Å². The Hall–Kier alpha value is 0.0969. The smallest absolute Gasteiger partial charge is 0.371 e. The normalized spacial score (nSPS) is 13.3. The van der Waals surface area contributed by atoms with E-state index < -0.39 is 8.80 Å². The number of hydrogen-bond acceptors (Lipinski definition) is 3. The van der Waals surface area contributed by atoms with Gasteiger partial charge in [-0.1, -0.05) is 0 Å². The maximum absolute atomic E-state index is 5.75. The summed E-state index contributed by atoms with van der Waals surface area (Å²) < 4.78 is 17.3. The number of hydrogen-bond donors (Lipinski definition) is 0. The van der Waals surface area contributed by atoms with Gasteiger partial charge in [0.15, 0.2) is 0 Å². The minimum atomic E-state index is -2.44. The van der Waals surface area contributed by atoms with E-state index in [1.165, 1.54) is 0 Å². The van der Waals surface area contributed by atoms with Gasteiger partial charge in [-0.2, -0.15) is 0 Å². The molecule has 0 spiro atoms. The second kappa shape index (κ2) is 5.85. The summed E-state index contributed by atoms with van der Waals surface area (Å²) in [5.74, 6) is 0. The Bertz CT molecular complexity index is 131. The molecule has 0 atom stereocenters. The summed E-state index contributed by atoms with van der Waals surface area (Å²) in [5.41, 5.74) is 0. The maximum atomic E-state index is 5.75. The van der Waals surface area contributed by atoms with Crippen molar-refractivity contribution in [1.82, 2.24) is 0 Å². The Labute approximate surface area is 89.1 Å². The molecular weight excluding hydrogens is 196 g/mol. The Balaban J connectivity index is 4.32. The van der Waals surface area contributed by atoms with Crippen LogP contribution < -0.4 is 0 Å². The molecule has 0 saturated heterocycles. The first-order valence-corrected chi connectivity index (χ1v) is 7.51. The zero-order valence-electron chi connectivity index (χ0n) is 10.5. The van der Waals surface area contributed by atoms with Crippen molar-refractivity contribution in [3.05, 3.63) is 0 Å².